The molecule has 7 heteroatoms. The molecule has 0 aliphatic heterocycles. The fraction of sp³-hybridized carbons (Fsp3) is 0.423. The molecule has 0 heterocycles. The summed E-state index contributed by atoms with van der Waals surface area (Å²) in [7, 11) is 0. The number of fused-ring (bicyclic) bond motifs is 3. The number of carboxylic acid groups (broad SMARTS) is 1. The number of hydrogen-bond acceptors (Lipinski definition) is 4. The minimum absolute atomic E-state index is 0.0225. The number of aliphatic carboxylic acids is 1. The highest BCUT2D eigenvalue weighted by atomic mass is 16.5. The summed E-state index contributed by atoms with van der Waals surface area (Å²) in [5, 5.41) is 14.3. The molecule has 2 aromatic rings. The fourth-order valence-corrected chi connectivity index (χ4v) is 4.22. The van der Waals surface area contributed by atoms with Crippen LogP contribution < -0.4 is 10.6 Å². The molecule has 0 spiro atoms. The summed E-state index contributed by atoms with van der Waals surface area (Å²) in [5.41, 5.74) is 4.71. The Hall–Kier alpha value is -3.35. The zero-order valence-electron chi connectivity index (χ0n) is 19.2. The van der Waals surface area contributed by atoms with Gasteiger partial charge in [-0.25, -0.2) is 4.79 Å². The van der Waals surface area contributed by atoms with Crippen molar-refractivity contribution in [2.75, 3.05) is 19.7 Å². The highest BCUT2D eigenvalue weighted by Crippen LogP contribution is 2.44. The van der Waals surface area contributed by atoms with E-state index < -0.39 is 12.1 Å². The predicted octanol–water partition coefficient (Wildman–Crippen LogP) is 4.17. The molecule has 0 radical (unpaired) electrons. The Balaban J connectivity index is 1.37. The summed E-state index contributed by atoms with van der Waals surface area (Å²) >= 11 is 0. The number of benzene rings is 2. The topological polar surface area (TPSA) is 105 Å². The molecule has 7 nitrogen and oxygen atoms in total. The molecule has 0 aromatic heterocycles. The first-order chi connectivity index (χ1) is 15.8. The lowest BCUT2D eigenvalue weighted by atomic mass is 9.98. The first kappa shape index (κ1) is 24.3. The Morgan fingerprint density at radius 2 is 1.52 bits per heavy atom. The third kappa shape index (κ3) is 6.81. The summed E-state index contributed by atoms with van der Waals surface area (Å²) < 4.78 is 5.52. The molecule has 0 saturated carbocycles. The van der Waals surface area contributed by atoms with E-state index in [0.717, 1.165) is 0 Å². The molecule has 0 fully saturated rings. The maximum atomic E-state index is 12.2. The average molecular weight is 453 g/mol. The van der Waals surface area contributed by atoms with Crippen molar-refractivity contribution < 1.29 is 24.2 Å². The minimum atomic E-state index is -0.871. The van der Waals surface area contributed by atoms with Crippen molar-refractivity contribution >= 4 is 18.0 Å². The van der Waals surface area contributed by atoms with Crippen LogP contribution in [0, 0.1) is 11.8 Å². The lowest BCUT2D eigenvalue weighted by Crippen LogP contribution is -2.31. The Morgan fingerprint density at radius 3 is 2.12 bits per heavy atom. The van der Waals surface area contributed by atoms with E-state index in [2.05, 4.69) is 34.9 Å². The van der Waals surface area contributed by atoms with Crippen molar-refractivity contribution in [3.05, 3.63) is 59.7 Å². The molecule has 176 valence electrons. The van der Waals surface area contributed by atoms with Crippen LogP contribution in [0.5, 0.6) is 0 Å². The van der Waals surface area contributed by atoms with Gasteiger partial charge in [0, 0.05) is 31.8 Å². The second-order valence-corrected chi connectivity index (χ2v) is 8.86. The van der Waals surface area contributed by atoms with Crippen molar-refractivity contribution in [1.29, 1.82) is 0 Å². The second kappa shape index (κ2) is 11.5. The van der Waals surface area contributed by atoms with Crippen molar-refractivity contribution in [2.24, 2.45) is 11.8 Å². The van der Waals surface area contributed by atoms with Gasteiger partial charge in [-0.1, -0.05) is 62.4 Å². The summed E-state index contributed by atoms with van der Waals surface area (Å²) in [6, 6.07) is 16.4. The normalized spacial score (nSPS) is 14.0. The van der Waals surface area contributed by atoms with Gasteiger partial charge >= 0.3 is 12.1 Å². The second-order valence-electron chi connectivity index (χ2n) is 8.86. The van der Waals surface area contributed by atoms with Crippen LogP contribution >= 0.6 is 0 Å². The number of rotatable bonds is 11. The number of nitrogens with one attached hydrogen (secondary N) is 2. The number of hydrogen-bond donors (Lipinski definition) is 3. The first-order valence-electron chi connectivity index (χ1n) is 11.4. The zero-order chi connectivity index (χ0) is 23.8. The van der Waals surface area contributed by atoms with Gasteiger partial charge < -0.3 is 20.5 Å². The average Bonchev–Trinajstić information content (AvgIpc) is 3.09. The van der Waals surface area contributed by atoms with Gasteiger partial charge in [-0.05, 0) is 40.5 Å². The lowest BCUT2D eigenvalue weighted by molar-refractivity contribution is -0.138. The molecule has 3 rings (SSSR count). The molecule has 2 amide bonds. The Bertz CT molecular complexity index is 945. The first-order valence-corrected chi connectivity index (χ1v) is 11.4. The van der Waals surface area contributed by atoms with E-state index in [1.54, 1.807) is 6.92 Å². The molecule has 2 aromatic carbocycles. The van der Waals surface area contributed by atoms with Gasteiger partial charge in [0.2, 0.25) is 5.91 Å². The molecule has 33 heavy (non-hydrogen) atoms. The molecule has 2 atom stereocenters. The van der Waals surface area contributed by atoms with E-state index >= 15 is 0 Å². The van der Waals surface area contributed by atoms with E-state index in [1.807, 2.05) is 31.2 Å². The van der Waals surface area contributed by atoms with Crippen molar-refractivity contribution in [1.82, 2.24) is 10.6 Å². The van der Waals surface area contributed by atoms with E-state index in [1.165, 1.54) is 22.3 Å². The third-order valence-electron chi connectivity index (χ3n) is 5.95. The SMILES string of the molecule is CC(CNC(=O)CC(C)CCNC(=O)OCC1c2ccccc2-c2ccccc21)CC(=O)O. The Morgan fingerprint density at radius 1 is 0.909 bits per heavy atom. The monoisotopic (exact) mass is 452 g/mol. The number of carbonyl (C=O) groups is 3. The molecular weight excluding hydrogens is 420 g/mol. The molecule has 1 aliphatic carbocycles. The fourth-order valence-electron chi connectivity index (χ4n) is 4.22. The van der Waals surface area contributed by atoms with Crippen LogP contribution in [0.2, 0.25) is 0 Å². The number of carboxylic acids is 1. The van der Waals surface area contributed by atoms with Gasteiger partial charge in [-0.2, -0.15) is 0 Å². The van der Waals surface area contributed by atoms with E-state index in [0.29, 0.717) is 25.9 Å². The molecule has 3 N–H and O–H groups in total. The zero-order valence-corrected chi connectivity index (χ0v) is 19.2. The van der Waals surface area contributed by atoms with Gasteiger partial charge in [-0.3, -0.25) is 9.59 Å². The molecule has 2 unspecified atom stereocenters. The third-order valence-corrected chi connectivity index (χ3v) is 5.95. The maximum Gasteiger partial charge on any atom is 0.407 e. The van der Waals surface area contributed by atoms with E-state index in [-0.39, 0.29) is 36.7 Å². The number of ether oxygens (including phenoxy) is 1. The maximum absolute atomic E-state index is 12.2. The number of alkyl carbamates (subject to hydrolysis) is 1. The van der Waals surface area contributed by atoms with Crippen LogP contribution in [0.1, 0.15) is 50.2 Å². The minimum Gasteiger partial charge on any atom is -0.481 e. The molecule has 0 saturated heterocycles. The van der Waals surface area contributed by atoms with Crippen LogP contribution in [-0.2, 0) is 14.3 Å². The highest BCUT2D eigenvalue weighted by Gasteiger charge is 2.28. The molecular formula is C26H32N2O5. The summed E-state index contributed by atoms with van der Waals surface area (Å²) in [6.07, 6.45) is 0.532. The van der Waals surface area contributed by atoms with Gasteiger partial charge in [0.05, 0.1) is 0 Å². The lowest BCUT2D eigenvalue weighted by Gasteiger charge is -2.16. The summed E-state index contributed by atoms with van der Waals surface area (Å²) in [6.45, 7) is 4.76. The van der Waals surface area contributed by atoms with E-state index in [4.69, 9.17) is 9.84 Å². The standard InChI is InChI=1S/C26H32N2O5/c1-17(13-24(29)28-15-18(2)14-25(30)31)11-12-27-26(32)33-16-23-21-9-5-3-7-19(21)20-8-4-6-10-22(20)23/h3-10,17-18,23H,11-16H2,1-2H3,(H,27,32)(H,28,29)(H,30,31). The van der Waals surface area contributed by atoms with Crippen molar-refractivity contribution in [2.45, 2.75) is 39.0 Å². The van der Waals surface area contributed by atoms with Crippen molar-refractivity contribution in [3.63, 3.8) is 0 Å². The number of amides is 2. The van der Waals surface area contributed by atoms with Crippen LogP contribution in [0.25, 0.3) is 11.1 Å². The van der Waals surface area contributed by atoms with Gasteiger partial charge in [0.25, 0.3) is 0 Å². The van der Waals surface area contributed by atoms with Gasteiger partial charge in [0.1, 0.15) is 6.61 Å². The quantitative estimate of drug-likeness (QED) is 0.475. The van der Waals surface area contributed by atoms with Gasteiger partial charge in [0.15, 0.2) is 0 Å². The largest absolute Gasteiger partial charge is 0.481 e. The highest BCUT2D eigenvalue weighted by molar-refractivity contribution is 5.79. The predicted molar refractivity (Wildman–Crippen MR) is 126 cm³/mol. The van der Waals surface area contributed by atoms with E-state index in [9.17, 15) is 14.4 Å². The Kier molecular flexibility index (Phi) is 8.46. The Labute approximate surface area is 194 Å². The van der Waals surface area contributed by atoms with Crippen LogP contribution in [-0.4, -0.2) is 42.8 Å². The van der Waals surface area contributed by atoms with Crippen molar-refractivity contribution in [3.8, 4) is 11.1 Å². The summed E-state index contributed by atoms with van der Waals surface area (Å²) in [4.78, 5) is 34.9. The molecule has 1 aliphatic rings. The molecule has 0 bridgehead atoms. The smallest absolute Gasteiger partial charge is 0.407 e. The van der Waals surface area contributed by atoms with Crippen LogP contribution in [0.15, 0.2) is 48.5 Å². The summed E-state index contributed by atoms with van der Waals surface area (Å²) in [5.74, 6) is -0.995. The van der Waals surface area contributed by atoms with Crippen LogP contribution in [0.4, 0.5) is 4.79 Å². The van der Waals surface area contributed by atoms with Crippen LogP contribution in [0.3, 0.4) is 0 Å². The number of carbonyl (C=O) groups excluding carboxylic acids is 2. The van der Waals surface area contributed by atoms with Gasteiger partial charge in [-0.15, -0.1) is 0 Å².